The molecular formula is C13H18N2OS. The molecule has 0 radical (unpaired) electrons. The van der Waals surface area contributed by atoms with E-state index in [4.69, 9.17) is 0 Å². The SMILES string of the molecule is CNCCC(=O)N1CCSc2cc(C)ccc21. The number of fused-ring (bicyclic) bond motifs is 1. The van der Waals surface area contributed by atoms with Gasteiger partial charge in [-0.3, -0.25) is 4.79 Å². The van der Waals surface area contributed by atoms with Gasteiger partial charge in [0.2, 0.25) is 5.91 Å². The Morgan fingerprint density at radius 1 is 1.53 bits per heavy atom. The number of carbonyl (C=O) groups is 1. The number of thioether (sulfide) groups is 1. The van der Waals surface area contributed by atoms with E-state index in [0.717, 1.165) is 24.5 Å². The molecule has 0 aromatic heterocycles. The van der Waals surface area contributed by atoms with Gasteiger partial charge in [0, 0.05) is 30.2 Å². The van der Waals surface area contributed by atoms with Gasteiger partial charge < -0.3 is 10.2 Å². The van der Waals surface area contributed by atoms with Crippen LogP contribution in [0.5, 0.6) is 0 Å². The molecule has 0 fully saturated rings. The highest BCUT2D eigenvalue weighted by molar-refractivity contribution is 7.99. The van der Waals surface area contributed by atoms with Crippen LogP contribution in [0.1, 0.15) is 12.0 Å². The third-order valence-electron chi connectivity index (χ3n) is 2.87. The largest absolute Gasteiger partial charge is 0.319 e. The quantitative estimate of drug-likeness (QED) is 0.891. The van der Waals surface area contributed by atoms with E-state index in [1.54, 1.807) is 0 Å². The number of hydrogen-bond donors (Lipinski definition) is 1. The standard InChI is InChI=1S/C13H18N2OS/c1-10-3-4-11-12(9-10)17-8-7-15(11)13(16)5-6-14-2/h3-4,9,14H,5-8H2,1-2H3. The number of aryl methyl sites for hydroxylation is 1. The molecule has 1 amide bonds. The highest BCUT2D eigenvalue weighted by Crippen LogP contribution is 2.35. The van der Waals surface area contributed by atoms with Crippen LogP contribution >= 0.6 is 11.8 Å². The summed E-state index contributed by atoms with van der Waals surface area (Å²) in [5.41, 5.74) is 2.33. The van der Waals surface area contributed by atoms with E-state index in [9.17, 15) is 4.79 Å². The first kappa shape index (κ1) is 12.5. The third-order valence-corrected chi connectivity index (χ3v) is 3.89. The monoisotopic (exact) mass is 250 g/mol. The normalized spacial score (nSPS) is 14.6. The summed E-state index contributed by atoms with van der Waals surface area (Å²) in [7, 11) is 1.87. The zero-order chi connectivity index (χ0) is 12.3. The maximum Gasteiger partial charge on any atom is 0.228 e. The predicted molar refractivity (Wildman–Crippen MR) is 72.8 cm³/mol. The van der Waals surface area contributed by atoms with E-state index < -0.39 is 0 Å². The molecule has 0 saturated carbocycles. The van der Waals surface area contributed by atoms with Gasteiger partial charge in [0.25, 0.3) is 0 Å². The first-order chi connectivity index (χ1) is 8.22. The highest BCUT2D eigenvalue weighted by Gasteiger charge is 2.22. The summed E-state index contributed by atoms with van der Waals surface area (Å²) in [5.74, 6) is 1.20. The molecule has 92 valence electrons. The van der Waals surface area contributed by atoms with E-state index in [1.807, 2.05) is 23.7 Å². The number of anilines is 1. The minimum absolute atomic E-state index is 0.213. The van der Waals surface area contributed by atoms with Gasteiger partial charge >= 0.3 is 0 Å². The van der Waals surface area contributed by atoms with E-state index in [0.29, 0.717) is 6.42 Å². The Labute approximate surface area is 107 Å². The molecular weight excluding hydrogens is 232 g/mol. The summed E-state index contributed by atoms with van der Waals surface area (Å²) in [5, 5.41) is 3.02. The number of hydrogen-bond acceptors (Lipinski definition) is 3. The molecule has 0 unspecified atom stereocenters. The van der Waals surface area contributed by atoms with Crippen LogP contribution in [0.25, 0.3) is 0 Å². The van der Waals surface area contributed by atoms with Crippen molar-refractivity contribution in [2.45, 2.75) is 18.2 Å². The zero-order valence-electron chi connectivity index (χ0n) is 10.3. The maximum absolute atomic E-state index is 12.1. The van der Waals surface area contributed by atoms with Crippen LogP contribution in [0.3, 0.4) is 0 Å². The van der Waals surface area contributed by atoms with E-state index in [1.165, 1.54) is 10.5 Å². The molecule has 0 atom stereocenters. The van der Waals surface area contributed by atoms with Crippen LogP contribution in [0.15, 0.2) is 23.1 Å². The maximum atomic E-state index is 12.1. The summed E-state index contributed by atoms with van der Waals surface area (Å²) < 4.78 is 0. The molecule has 0 bridgehead atoms. The lowest BCUT2D eigenvalue weighted by Gasteiger charge is -2.29. The van der Waals surface area contributed by atoms with Crippen LogP contribution in [-0.2, 0) is 4.79 Å². The Hall–Kier alpha value is -1.00. The van der Waals surface area contributed by atoms with Crippen LogP contribution in [0, 0.1) is 6.92 Å². The summed E-state index contributed by atoms with van der Waals surface area (Å²) in [6, 6.07) is 6.30. The van der Waals surface area contributed by atoms with Gasteiger partial charge in [0.05, 0.1) is 5.69 Å². The molecule has 1 N–H and O–H groups in total. The molecule has 0 aliphatic carbocycles. The second-order valence-electron chi connectivity index (χ2n) is 4.22. The van der Waals surface area contributed by atoms with E-state index >= 15 is 0 Å². The van der Waals surface area contributed by atoms with Gasteiger partial charge in [0.1, 0.15) is 0 Å². The average Bonchev–Trinajstić information content (AvgIpc) is 2.34. The van der Waals surface area contributed by atoms with Crippen molar-refractivity contribution in [1.82, 2.24) is 5.32 Å². The van der Waals surface area contributed by atoms with Crippen molar-refractivity contribution in [1.29, 1.82) is 0 Å². The fourth-order valence-corrected chi connectivity index (χ4v) is 3.04. The second-order valence-corrected chi connectivity index (χ2v) is 5.36. The van der Waals surface area contributed by atoms with Crippen LogP contribution in [-0.4, -0.2) is 31.8 Å². The Kier molecular flexibility index (Phi) is 4.07. The molecule has 1 aromatic carbocycles. The smallest absolute Gasteiger partial charge is 0.228 e. The van der Waals surface area contributed by atoms with Crippen LogP contribution in [0.2, 0.25) is 0 Å². The molecule has 1 aliphatic rings. The van der Waals surface area contributed by atoms with Crippen molar-refractivity contribution in [2.24, 2.45) is 0 Å². The third kappa shape index (κ3) is 2.82. The van der Waals surface area contributed by atoms with Crippen molar-refractivity contribution in [3.8, 4) is 0 Å². The Morgan fingerprint density at radius 3 is 3.12 bits per heavy atom. The summed E-state index contributed by atoms with van der Waals surface area (Å²) in [6.07, 6.45) is 0.564. The molecule has 0 saturated heterocycles. The summed E-state index contributed by atoms with van der Waals surface area (Å²) >= 11 is 1.84. The number of carbonyl (C=O) groups excluding carboxylic acids is 1. The average molecular weight is 250 g/mol. The van der Waals surface area contributed by atoms with E-state index in [-0.39, 0.29) is 5.91 Å². The number of nitrogens with one attached hydrogen (secondary N) is 1. The lowest BCUT2D eigenvalue weighted by atomic mass is 10.2. The van der Waals surface area contributed by atoms with Gasteiger partial charge in [-0.2, -0.15) is 0 Å². The van der Waals surface area contributed by atoms with Gasteiger partial charge in [0.15, 0.2) is 0 Å². The first-order valence-corrected chi connectivity index (χ1v) is 6.89. The fourth-order valence-electron chi connectivity index (χ4n) is 1.95. The van der Waals surface area contributed by atoms with Crippen molar-refractivity contribution < 1.29 is 4.79 Å². The van der Waals surface area contributed by atoms with Gasteiger partial charge in [-0.25, -0.2) is 0 Å². The van der Waals surface area contributed by atoms with Gasteiger partial charge in [-0.05, 0) is 31.7 Å². The summed E-state index contributed by atoms with van der Waals surface area (Å²) in [4.78, 5) is 15.2. The molecule has 1 aromatic rings. The highest BCUT2D eigenvalue weighted by atomic mass is 32.2. The molecule has 2 rings (SSSR count). The van der Waals surface area contributed by atoms with Crippen molar-refractivity contribution in [3.63, 3.8) is 0 Å². The molecule has 17 heavy (non-hydrogen) atoms. The second kappa shape index (κ2) is 5.56. The fraction of sp³-hybridized carbons (Fsp3) is 0.462. The van der Waals surface area contributed by atoms with Gasteiger partial charge in [-0.1, -0.05) is 6.07 Å². The molecule has 3 nitrogen and oxygen atoms in total. The van der Waals surface area contributed by atoms with Crippen molar-refractivity contribution in [3.05, 3.63) is 23.8 Å². The minimum Gasteiger partial charge on any atom is -0.319 e. The number of rotatable bonds is 3. The van der Waals surface area contributed by atoms with Crippen LogP contribution in [0.4, 0.5) is 5.69 Å². The number of amides is 1. The van der Waals surface area contributed by atoms with Crippen molar-refractivity contribution in [2.75, 3.05) is 30.8 Å². The lowest BCUT2D eigenvalue weighted by molar-refractivity contribution is -0.118. The molecule has 4 heteroatoms. The van der Waals surface area contributed by atoms with Crippen molar-refractivity contribution >= 4 is 23.4 Å². The predicted octanol–water partition coefficient (Wildman–Crippen LogP) is 2.04. The molecule has 1 heterocycles. The molecule has 1 aliphatic heterocycles. The Bertz CT molecular complexity index is 420. The topological polar surface area (TPSA) is 32.3 Å². The Balaban J connectivity index is 2.19. The zero-order valence-corrected chi connectivity index (χ0v) is 11.1. The van der Waals surface area contributed by atoms with Crippen LogP contribution < -0.4 is 10.2 Å². The number of benzene rings is 1. The molecule has 0 spiro atoms. The minimum atomic E-state index is 0.213. The first-order valence-electron chi connectivity index (χ1n) is 5.91. The Morgan fingerprint density at radius 2 is 2.35 bits per heavy atom. The lowest BCUT2D eigenvalue weighted by Crippen LogP contribution is -2.36. The summed E-state index contributed by atoms with van der Waals surface area (Å²) in [6.45, 7) is 3.65. The van der Waals surface area contributed by atoms with Gasteiger partial charge in [-0.15, -0.1) is 11.8 Å². The number of nitrogens with zero attached hydrogens (tertiary/aromatic N) is 1. The van der Waals surface area contributed by atoms with E-state index in [2.05, 4.69) is 30.4 Å².